The Morgan fingerprint density at radius 1 is 1.60 bits per heavy atom. The third-order valence-electron chi connectivity index (χ3n) is 1.80. The maximum Gasteiger partial charge on any atom is 0.260 e. The molecule has 0 bridgehead atoms. The van der Waals surface area contributed by atoms with Gasteiger partial charge in [-0.3, -0.25) is 9.48 Å². The van der Waals surface area contributed by atoms with E-state index in [-0.39, 0.29) is 5.91 Å². The number of aromatic nitrogens is 3. The van der Waals surface area contributed by atoms with Gasteiger partial charge in [-0.05, 0) is 15.9 Å². The van der Waals surface area contributed by atoms with Crippen molar-refractivity contribution in [1.29, 1.82) is 0 Å². The van der Waals surface area contributed by atoms with Gasteiger partial charge in [0.2, 0.25) is 0 Å². The summed E-state index contributed by atoms with van der Waals surface area (Å²) >= 11 is 3.26. The second-order valence-corrected chi connectivity index (χ2v) is 3.59. The van der Waals surface area contributed by atoms with Crippen LogP contribution in [0.2, 0.25) is 0 Å². The molecule has 0 atom stereocenters. The van der Waals surface area contributed by atoms with Crippen LogP contribution in [0, 0.1) is 0 Å². The lowest BCUT2D eigenvalue weighted by molar-refractivity contribution is 0.102. The van der Waals surface area contributed by atoms with Gasteiger partial charge in [0.15, 0.2) is 0 Å². The first-order valence-electron chi connectivity index (χ1n) is 4.06. The first-order chi connectivity index (χ1) is 7.18. The van der Waals surface area contributed by atoms with E-state index >= 15 is 0 Å². The summed E-state index contributed by atoms with van der Waals surface area (Å²) in [7, 11) is 1.74. The second-order valence-electron chi connectivity index (χ2n) is 2.84. The Labute approximate surface area is 93.4 Å². The molecular formula is C8H7BrN4O2. The van der Waals surface area contributed by atoms with Crippen LogP contribution < -0.4 is 5.32 Å². The summed E-state index contributed by atoms with van der Waals surface area (Å²) in [4.78, 5) is 11.7. The Balaban J connectivity index is 2.19. The van der Waals surface area contributed by atoms with Crippen molar-refractivity contribution in [3.8, 4) is 0 Å². The van der Waals surface area contributed by atoms with Crippen molar-refractivity contribution in [2.24, 2.45) is 7.05 Å². The zero-order chi connectivity index (χ0) is 10.8. The smallest absolute Gasteiger partial charge is 0.260 e. The summed E-state index contributed by atoms with van der Waals surface area (Å²) in [6.45, 7) is 0. The van der Waals surface area contributed by atoms with Crippen LogP contribution in [-0.4, -0.2) is 20.8 Å². The summed E-state index contributed by atoms with van der Waals surface area (Å²) in [6.07, 6.45) is 4.25. The minimum absolute atomic E-state index is 0.266. The molecule has 0 radical (unpaired) electrons. The highest BCUT2D eigenvalue weighted by molar-refractivity contribution is 9.10. The van der Waals surface area contributed by atoms with Crippen molar-refractivity contribution in [2.45, 2.75) is 0 Å². The Morgan fingerprint density at radius 3 is 2.93 bits per heavy atom. The molecule has 0 spiro atoms. The molecule has 2 aromatic heterocycles. The molecule has 78 valence electrons. The number of nitrogens with one attached hydrogen (secondary N) is 1. The molecule has 0 saturated carbocycles. The lowest BCUT2D eigenvalue weighted by atomic mass is 10.3. The van der Waals surface area contributed by atoms with Crippen molar-refractivity contribution in [2.75, 3.05) is 5.32 Å². The highest BCUT2D eigenvalue weighted by Gasteiger charge is 2.14. The minimum atomic E-state index is -0.266. The van der Waals surface area contributed by atoms with E-state index in [9.17, 15) is 4.79 Å². The molecule has 6 nitrogen and oxygen atoms in total. The summed E-state index contributed by atoms with van der Waals surface area (Å²) in [5, 5.41) is 10.0. The van der Waals surface area contributed by atoms with Crippen molar-refractivity contribution in [3.63, 3.8) is 0 Å². The van der Waals surface area contributed by atoms with E-state index in [4.69, 9.17) is 0 Å². The van der Waals surface area contributed by atoms with Gasteiger partial charge in [0.05, 0.1) is 18.0 Å². The number of rotatable bonds is 2. The maximum absolute atomic E-state index is 11.7. The molecule has 15 heavy (non-hydrogen) atoms. The van der Waals surface area contributed by atoms with Crippen molar-refractivity contribution in [1.82, 2.24) is 14.9 Å². The third kappa shape index (κ3) is 1.91. The van der Waals surface area contributed by atoms with Gasteiger partial charge in [-0.15, -0.1) is 0 Å². The summed E-state index contributed by atoms with van der Waals surface area (Å²) < 4.78 is 6.77. The number of halogens is 1. The number of amides is 1. The molecule has 0 aromatic carbocycles. The van der Waals surface area contributed by atoms with Gasteiger partial charge >= 0.3 is 0 Å². The van der Waals surface area contributed by atoms with Gasteiger partial charge in [0.25, 0.3) is 5.91 Å². The van der Waals surface area contributed by atoms with Crippen LogP contribution in [-0.2, 0) is 7.05 Å². The topological polar surface area (TPSA) is 73.0 Å². The number of aryl methyl sites for hydroxylation is 1. The largest absolute Gasteiger partial charge is 0.363 e. The number of anilines is 1. The molecule has 0 unspecified atom stereocenters. The highest BCUT2D eigenvalue weighted by Crippen LogP contribution is 2.16. The van der Waals surface area contributed by atoms with Gasteiger partial charge in [-0.1, -0.05) is 5.16 Å². The molecule has 7 heteroatoms. The predicted octanol–water partition coefficient (Wildman–Crippen LogP) is 1.42. The number of carbonyl (C=O) groups excluding carboxylic acids is 1. The normalized spacial score (nSPS) is 10.3. The Kier molecular flexibility index (Phi) is 2.55. The van der Waals surface area contributed by atoms with Gasteiger partial charge in [-0.2, -0.15) is 5.10 Å². The number of hydrogen-bond acceptors (Lipinski definition) is 4. The first kappa shape index (κ1) is 9.91. The zero-order valence-corrected chi connectivity index (χ0v) is 9.35. The van der Waals surface area contributed by atoms with Crippen molar-refractivity contribution < 1.29 is 9.32 Å². The molecule has 0 fully saturated rings. The average Bonchev–Trinajstić information content (AvgIpc) is 2.79. The summed E-state index contributed by atoms with van der Waals surface area (Å²) in [5.41, 5.74) is 0.967. The monoisotopic (exact) mass is 270 g/mol. The van der Waals surface area contributed by atoms with Crippen LogP contribution in [0.25, 0.3) is 0 Å². The van der Waals surface area contributed by atoms with Crippen LogP contribution in [0.5, 0.6) is 0 Å². The van der Waals surface area contributed by atoms with Gasteiger partial charge in [0, 0.05) is 7.05 Å². The van der Waals surface area contributed by atoms with Crippen LogP contribution >= 0.6 is 15.9 Å². The predicted molar refractivity (Wildman–Crippen MR) is 55.4 cm³/mol. The van der Waals surface area contributed by atoms with Crippen LogP contribution in [0.3, 0.4) is 0 Å². The van der Waals surface area contributed by atoms with E-state index in [2.05, 4.69) is 36.0 Å². The highest BCUT2D eigenvalue weighted by atomic mass is 79.9. The molecule has 2 heterocycles. The standard InChI is InChI=1S/C8H7BrN4O2/c1-13-7(9)6(3-10-13)8(14)12-5-2-11-15-4-5/h2-4H,1H3,(H,12,14). The molecule has 0 aliphatic rings. The van der Waals surface area contributed by atoms with E-state index in [1.54, 1.807) is 11.7 Å². The van der Waals surface area contributed by atoms with E-state index in [0.29, 0.717) is 15.9 Å². The van der Waals surface area contributed by atoms with Crippen LogP contribution in [0.4, 0.5) is 5.69 Å². The molecular weight excluding hydrogens is 264 g/mol. The average molecular weight is 271 g/mol. The SMILES string of the molecule is Cn1ncc(C(=O)Nc2cnoc2)c1Br. The molecule has 0 saturated heterocycles. The van der Waals surface area contributed by atoms with Gasteiger partial charge in [-0.25, -0.2) is 0 Å². The van der Waals surface area contributed by atoms with Crippen molar-refractivity contribution in [3.05, 3.63) is 28.8 Å². The van der Waals surface area contributed by atoms with Crippen LogP contribution in [0.15, 0.2) is 27.8 Å². The first-order valence-corrected chi connectivity index (χ1v) is 4.86. The Hall–Kier alpha value is -1.63. The lowest BCUT2D eigenvalue weighted by Gasteiger charge is -1.99. The number of nitrogens with zero attached hydrogens (tertiary/aromatic N) is 3. The third-order valence-corrected chi connectivity index (χ3v) is 2.74. The molecule has 0 aliphatic heterocycles. The fraction of sp³-hybridized carbons (Fsp3) is 0.125. The van der Waals surface area contributed by atoms with Gasteiger partial charge in [0.1, 0.15) is 16.6 Å². The summed E-state index contributed by atoms with van der Waals surface area (Å²) in [6, 6.07) is 0. The minimum Gasteiger partial charge on any atom is -0.363 e. The summed E-state index contributed by atoms with van der Waals surface area (Å²) in [5.74, 6) is -0.266. The van der Waals surface area contributed by atoms with Crippen LogP contribution in [0.1, 0.15) is 10.4 Å². The fourth-order valence-corrected chi connectivity index (χ4v) is 1.41. The maximum atomic E-state index is 11.7. The Bertz CT molecular complexity index is 477. The van der Waals surface area contributed by atoms with Crippen molar-refractivity contribution >= 4 is 27.5 Å². The number of carbonyl (C=O) groups is 1. The van der Waals surface area contributed by atoms with E-state index in [1.165, 1.54) is 18.7 Å². The van der Waals surface area contributed by atoms with E-state index in [0.717, 1.165) is 0 Å². The zero-order valence-electron chi connectivity index (χ0n) is 7.77. The molecule has 0 aliphatic carbocycles. The molecule has 1 amide bonds. The van der Waals surface area contributed by atoms with E-state index < -0.39 is 0 Å². The molecule has 1 N–H and O–H groups in total. The Morgan fingerprint density at radius 2 is 2.40 bits per heavy atom. The molecule has 2 rings (SSSR count). The number of hydrogen-bond donors (Lipinski definition) is 1. The van der Waals surface area contributed by atoms with E-state index in [1.807, 2.05) is 0 Å². The lowest BCUT2D eigenvalue weighted by Crippen LogP contribution is -2.11. The quantitative estimate of drug-likeness (QED) is 0.896. The molecule has 2 aromatic rings. The fourth-order valence-electron chi connectivity index (χ4n) is 1.04. The van der Waals surface area contributed by atoms with Gasteiger partial charge < -0.3 is 9.84 Å². The second kappa shape index (κ2) is 3.85.